The number of hydrazine groups is 1. The molecule has 1 rings (SSSR count). The van der Waals surface area contributed by atoms with Gasteiger partial charge >= 0.3 is 0 Å². The number of benzene rings is 1. The van der Waals surface area contributed by atoms with Crippen molar-refractivity contribution in [3.05, 3.63) is 35.4 Å². The van der Waals surface area contributed by atoms with E-state index in [4.69, 9.17) is 10.6 Å². The van der Waals surface area contributed by atoms with Crippen LogP contribution in [0.4, 0.5) is 8.78 Å². The highest BCUT2D eigenvalue weighted by Gasteiger charge is 2.33. The molecular weight excluding hydrogens is 250 g/mol. The van der Waals surface area contributed by atoms with Crippen LogP contribution >= 0.6 is 0 Å². The van der Waals surface area contributed by atoms with E-state index in [9.17, 15) is 8.78 Å². The lowest BCUT2D eigenvalue weighted by Gasteiger charge is -2.36. The average molecular weight is 272 g/mol. The Hall–Kier alpha value is -1.04. The molecule has 0 heterocycles. The summed E-state index contributed by atoms with van der Waals surface area (Å²) >= 11 is 0. The summed E-state index contributed by atoms with van der Waals surface area (Å²) < 4.78 is 32.3. The van der Waals surface area contributed by atoms with E-state index < -0.39 is 17.7 Å². The first kappa shape index (κ1) is 16.0. The Morgan fingerprint density at radius 1 is 1.21 bits per heavy atom. The quantitative estimate of drug-likeness (QED) is 0.640. The van der Waals surface area contributed by atoms with Crippen LogP contribution in [0.3, 0.4) is 0 Å². The van der Waals surface area contributed by atoms with Gasteiger partial charge in [-0.25, -0.2) is 8.78 Å². The van der Waals surface area contributed by atoms with E-state index in [-0.39, 0.29) is 11.5 Å². The Kier molecular flexibility index (Phi) is 5.40. The molecule has 0 aliphatic carbocycles. The van der Waals surface area contributed by atoms with E-state index in [1.165, 1.54) is 12.1 Å². The molecule has 0 bridgehead atoms. The zero-order valence-electron chi connectivity index (χ0n) is 11.8. The normalized spacial score (nSPS) is 15.3. The second kappa shape index (κ2) is 6.41. The Morgan fingerprint density at radius 2 is 1.74 bits per heavy atom. The molecule has 0 saturated carbocycles. The van der Waals surface area contributed by atoms with Gasteiger partial charge in [-0.15, -0.1) is 0 Å². The maximum Gasteiger partial charge on any atom is 0.126 e. The van der Waals surface area contributed by atoms with E-state index in [1.54, 1.807) is 0 Å². The summed E-state index contributed by atoms with van der Waals surface area (Å²) in [5.41, 5.74) is 2.82. The number of ether oxygens (including phenoxy) is 1. The zero-order valence-corrected chi connectivity index (χ0v) is 11.8. The number of hydrogen-bond donors (Lipinski definition) is 2. The van der Waals surface area contributed by atoms with Crippen LogP contribution in [-0.4, -0.2) is 12.7 Å². The van der Waals surface area contributed by atoms with Crippen LogP contribution in [0.2, 0.25) is 0 Å². The molecule has 0 aromatic heterocycles. The van der Waals surface area contributed by atoms with Crippen molar-refractivity contribution in [2.45, 2.75) is 39.8 Å². The summed E-state index contributed by atoms with van der Waals surface area (Å²) in [7, 11) is 0. The number of nitrogens with two attached hydrogens (primary N) is 1. The first-order chi connectivity index (χ1) is 8.79. The third kappa shape index (κ3) is 4.23. The number of nitrogens with one attached hydrogen (secondary N) is 1. The molecule has 5 heteroatoms. The topological polar surface area (TPSA) is 47.3 Å². The van der Waals surface area contributed by atoms with Gasteiger partial charge in [0.05, 0.1) is 12.1 Å². The van der Waals surface area contributed by atoms with Crippen molar-refractivity contribution in [3.8, 4) is 0 Å². The van der Waals surface area contributed by atoms with Crippen LogP contribution in [0.1, 0.15) is 39.3 Å². The van der Waals surface area contributed by atoms with Gasteiger partial charge in [0.1, 0.15) is 11.6 Å². The Bertz CT molecular complexity index is 398. The summed E-state index contributed by atoms with van der Waals surface area (Å²) in [5.74, 6) is 4.31. The van der Waals surface area contributed by atoms with Crippen molar-refractivity contribution >= 4 is 0 Å². The Morgan fingerprint density at radius 3 is 2.11 bits per heavy atom. The molecule has 2 unspecified atom stereocenters. The van der Waals surface area contributed by atoms with Crippen molar-refractivity contribution < 1.29 is 13.5 Å². The minimum absolute atomic E-state index is 0.226. The van der Waals surface area contributed by atoms with Crippen LogP contribution in [0.5, 0.6) is 0 Å². The highest BCUT2D eigenvalue weighted by Crippen LogP contribution is 2.33. The second-order valence-electron chi connectivity index (χ2n) is 5.59. The highest BCUT2D eigenvalue weighted by atomic mass is 19.1. The summed E-state index contributed by atoms with van der Waals surface area (Å²) in [6.07, 6.45) is -0.302. The molecule has 1 aromatic carbocycles. The average Bonchev–Trinajstić information content (AvgIpc) is 2.26. The van der Waals surface area contributed by atoms with Gasteiger partial charge in [0.25, 0.3) is 0 Å². The van der Waals surface area contributed by atoms with E-state index in [1.807, 2.05) is 27.7 Å². The van der Waals surface area contributed by atoms with Gasteiger partial charge in [0, 0.05) is 12.7 Å². The van der Waals surface area contributed by atoms with Crippen LogP contribution in [-0.2, 0) is 4.74 Å². The van der Waals surface area contributed by atoms with Gasteiger partial charge in [-0.1, -0.05) is 20.8 Å². The number of halogens is 2. The summed E-state index contributed by atoms with van der Waals surface area (Å²) in [5, 5.41) is 0. The van der Waals surface area contributed by atoms with E-state index in [2.05, 4.69) is 5.43 Å². The fourth-order valence-electron chi connectivity index (χ4n) is 2.14. The van der Waals surface area contributed by atoms with Crippen LogP contribution < -0.4 is 11.3 Å². The Labute approximate surface area is 113 Å². The molecular formula is C14H22F2N2O. The van der Waals surface area contributed by atoms with Gasteiger partial charge in [-0.2, -0.15) is 0 Å². The maximum absolute atomic E-state index is 13.3. The molecule has 0 amide bonds. The SMILES string of the molecule is CCOC(C(NN)c1cc(F)cc(F)c1)C(C)(C)C. The monoisotopic (exact) mass is 272 g/mol. The fraction of sp³-hybridized carbons (Fsp3) is 0.571. The number of hydrogen-bond acceptors (Lipinski definition) is 3. The molecule has 0 aliphatic heterocycles. The standard InChI is InChI=1S/C14H22F2N2O/c1-5-19-13(14(2,3)4)12(18-17)9-6-10(15)8-11(16)7-9/h6-8,12-13,18H,5,17H2,1-4H3. The predicted octanol–water partition coefficient (Wildman–Crippen LogP) is 2.92. The molecule has 108 valence electrons. The van der Waals surface area contributed by atoms with Gasteiger partial charge in [0.15, 0.2) is 0 Å². The lowest BCUT2D eigenvalue weighted by Crippen LogP contribution is -2.44. The van der Waals surface area contributed by atoms with Crippen molar-refractivity contribution in [2.24, 2.45) is 11.3 Å². The molecule has 0 fully saturated rings. The first-order valence-electron chi connectivity index (χ1n) is 6.33. The van der Waals surface area contributed by atoms with Crippen molar-refractivity contribution in [1.82, 2.24) is 5.43 Å². The third-order valence-electron chi connectivity index (χ3n) is 2.93. The molecule has 0 radical (unpaired) electrons. The third-order valence-corrected chi connectivity index (χ3v) is 2.93. The fourth-order valence-corrected chi connectivity index (χ4v) is 2.14. The van der Waals surface area contributed by atoms with Gasteiger partial charge in [-0.05, 0) is 30.0 Å². The van der Waals surface area contributed by atoms with Crippen LogP contribution in [0.15, 0.2) is 18.2 Å². The molecule has 0 spiro atoms. The molecule has 3 nitrogen and oxygen atoms in total. The molecule has 19 heavy (non-hydrogen) atoms. The van der Waals surface area contributed by atoms with E-state index in [0.717, 1.165) is 6.07 Å². The highest BCUT2D eigenvalue weighted by molar-refractivity contribution is 5.23. The smallest absolute Gasteiger partial charge is 0.126 e. The molecule has 3 N–H and O–H groups in total. The van der Waals surface area contributed by atoms with Gasteiger partial charge < -0.3 is 4.74 Å². The maximum atomic E-state index is 13.3. The lowest BCUT2D eigenvalue weighted by molar-refractivity contribution is -0.0367. The zero-order chi connectivity index (χ0) is 14.6. The van der Waals surface area contributed by atoms with Crippen molar-refractivity contribution in [1.29, 1.82) is 0 Å². The Balaban J connectivity index is 3.15. The molecule has 2 atom stereocenters. The van der Waals surface area contributed by atoms with E-state index >= 15 is 0 Å². The first-order valence-corrected chi connectivity index (χ1v) is 6.33. The van der Waals surface area contributed by atoms with E-state index in [0.29, 0.717) is 12.2 Å². The minimum atomic E-state index is -0.626. The summed E-state index contributed by atoms with van der Waals surface area (Å²) in [6, 6.07) is 2.89. The van der Waals surface area contributed by atoms with Crippen LogP contribution in [0.25, 0.3) is 0 Å². The van der Waals surface area contributed by atoms with Gasteiger partial charge in [-0.3, -0.25) is 11.3 Å². The van der Waals surface area contributed by atoms with Crippen LogP contribution in [0, 0.1) is 17.0 Å². The molecule has 0 aliphatic rings. The largest absolute Gasteiger partial charge is 0.376 e. The summed E-state index contributed by atoms with van der Waals surface area (Å²) in [4.78, 5) is 0. The van der Waals surface area contributed by atoms with Crippen molar-refractivity contribution in [2.75, 3.05) is 6.61 Å². The second-order valence-corrected chi connectivity index (χ2v) is 5.59. The van der Waals surface area contributed by atoms with Gasteiger partial charge in [0.2, 0.25) is 0 Å². The minimum Gasteiger partial charge on any atom is -0.376 e. The molecule has 1 aromatic rings. The molecule has 0 saturated heterocycles. The van der Waals surface area contributed by atoms with Crippen molar-refractivity contribution in [3.63, 3.8) is 0 Å². The predicted molar refractivity (Wildman–Crippen MR) is 71.3 cm³/mol. The number of rotatable bonds is 5. The summed E-state index contributed by atoms with van der Waals surface area (Å²) in [6.45, 7) is 8.35. The lowest BCUT2D eigenvalue weighted by atomic mass is 9.82.